The molecular formula is C11H8F13NO3. The van der Waals surface area contributed by atoms with Crippen LogP contribution in [-0.4, -0.2) is 73.3 Å². The van der Waals surface area contributed by atoms with Crippen molar-refractivity contribution in [3.05, 3.63) is 0 Å². The minimum absolute atomic E-state index is 0.811. The monoisotopic (exact) mass is 449 g/mol. The smallest absolute Gasteiger partial charge is 0.379 e. The van der Waals surface area contributed by atoms with Gasteiger partial charge in [0, 0.05) is 13.1 Å². The first-order valence-electron chi connectivity index (χ1n) is 6.75. The number of alkyl halides is 12. The Morgan fingerprint density at radius 3 is 1.54 bits per heavy atom. The normalized spacial score (nSPS) is 22.5. The molecule has 28 heavy (non-hydrogen) atoms. The van der Waals surface area contributed by atoms with Gasteiger partial charge in [-0.05, 0) is 0 Å². The summed E-state index contributed by atoms with van der Waals surface area (Å²) in [7, 11) is 0. The largest absolute Gasteiger partial charge is 0.459 e. The van der Waals surface area contributed by atoms with Gasteiger partial charge in [0.2, 0.25) is 0 Å². The molecule has 0 bridgehead atoms. The van der Waals surface area contributed by atoms with Gasteiger partial charge in [-0.1, -0.05) is 0 Å². The highest BCUT2D eigenvalue weighted by molar-refractivity contribution is 5.77. The van der Waals surface area contributed by atoms with E-state index in [0.717, 1.165) is 0 Å². The van der Waals surface area contributed by atoms with Gasteiger partial charge in [-0.15, -0.1) is 0 Å². The number of halogens is 13. The zero-order chi connectivity index (χ0) is 22.4. The Morgan fingerprint density at radius 1 is 0.786 bits per heavy atom. The van der Waals surface area contributed by atoms with Crippen LogP contribution in [0.2, 0.25) is 0 Å². The van der Waals surface area contributed by atoms with Crippen molar-refractivity contribution >= 4 is 6.04 Å². The first-order chi connectivity index (χ1) is 12.3. The first-order valence-corrected chi connectivity index (χ1v) is 6.75. The van der Waals surface area contributed by atoms with Gasteiger partial charge in [0.05, 0.1) is 13.2 Å². The third-order valence-electron chi connectivity index (χ3n) is 3.50. The highest BCUT2D eigenvalue weighted by Crippen LogP contribution is 2.57. The maximum absolute atomic E-state index is 14.2. The molecule has 4 nitrogen and oxygen atoms in total. The highest BCUT2D eigenvalue weighted by atomic mass is 19.4. The molecule has 2 unspecified atom stereocenters. The van der Waals surface area contributed by atoms with Crippen LogP contribution < -0.4 is 0 Å². The molecule has 166 valence electrons. The van der Waals surface area contributed by atoms with Gasteiger partial charge in [0.25, 0.3) is 0 Å². The van der Waals surface area contributed by atoms with Crippen LogP contribution in [0.15, 0.2) is 0 Å². The molecule has 1 heterocycles. The fourth-order valence-corrected chi connectivity index (χ4v) is 2.03. The molecule has 2 atom stereocenters. The van der Waals surface area contributed by atoms with Gasteiger partial charge in [-0.3, -0.25) is 9.53 Å². The van der Waals surface area contributed by atoms with Gasteiger partial charge in [-0.2, -0.15) is 52.7 Å². The summed E-state index contributed by atoms with van der Waals surface area (Å²) < 4.78 is 177. The van der Waals surface area contributed by atoms with E-state index in [0.29, 0.717) is 0 Å². The van der Waals surface area contributed by atoms with Crippen LogP contribution in [0.5, 0.6) is 0 Å². The summed E-state index contributed by atoms with van der Waals surface area (Å²) in [5, 5.41) is 0. The Labute approximate surface area is 146 Å². The molecular weight excluding hydrogens is 441 g/mol. The lowest BCUT2D eigenvalue weighted by molar-refractivity contribution is -0.487. The average molecular weight is 449 g/mol. The lowest BCUT2D eigenvalue weighted by atomic mass is 9.98. The van der Waals surface area contributed by atoms with Crippen molar-refractivity contribution < 1.29 is 71.3 Å². The lowest BCUT2D eigenvalue weighted by Gasteiger charge is -2.45. The van der Waals surface area contributed by atoms with Crippen molar-refractivity contribution in [2.75, 3.05) is 26.3 Å². The van der Waals surface area contributed by atoms with E-state index in [4.69, 9.17) is 0 Å². The van der Waals surface area contributed by atoms with Crippen LogP contribution in [0.4, 0.5) is 57.1 Å². The summed E-state index contributed by atoms with van der Waals surface area (Å²) >= 11 is 0. The second-order valence-electron chi connectivity index (χ2n) is 5.28. The minimum atomic E-state index is -7.43. The van der Waals surface area contributed by atoms with Crippen LogP contribution in [-0.2, 0) is 14.3 Å². The second-order valence-corrected chi connectivity index (χ2v) is 5.28. The van der Waals surface area contributed by atoms with E-state index >= 15 is 0 Å². The second kappa shape index (κ2) is 7.16. The summed E-state index contributed by atoms with van der Waals surface area (Å²) in [4.78, 5) is 9.21. The van der Waals surface area contributed by atoms with Crippen molar-refractivity contribution in [3.8, 4) is 0 Å². The number of hydrogen-bond acceptors (Lipinski definition) is 4. The van der Waals surface area contributed by atoms with Crippen molar-refractivity contribution in [3.63, 3.8) is 0 Å². The van der Waals surface area contributed by atoms with E-state index in [2.05, 4.69) is 4.74 Å². The maximum Gasteiger partial charge on any atom is 0.459 e. The molecule has 0 saturated carbocycles. The zero-order valence-corrected chi connectivity index (χ0v) is 12.9. The van der Waals surface area contributed by atoms with Crippen LogP contribution in [0.25, 0.3) is 0 Å². The molecule has 0 aromatic carbocycles. The average Bonchev–Trinajstić information content (AvgIpc) is 2.51. The zero-order valence-electron chi connectivity index (χ0n) is 12.9. The number of carbonyl (C=O) groups excluding carboxylic acids is 1. The van der Waals surface area contributed by atoms with E-state index in [1.54, 1.807) is 0 Å². The molecule has 1 rings (SSSR count). The highest BCUT2D eigenvalue weighted by Gasteiger charge is 2.88. The topological polar surface area (TPSA) is 38.8 Å². The number of rotatable bonds is 6. The van der Waals surface area contributed by atoms with E-state index in [9.17, 15) is 61.9 Å². The Kier molecular flexibility index (Phi) is 6.31. The molecule has 1 fully saturated rings. The van der Waals surface area contributed by atoms with Crippen LogP contribution in [0.3, 0.4) is 0 Å². The summed E-state index contributed by atoms with van der Waals surface area (Å²) in [5.41, 5.74) is -7.33. The summed E-state index contributed by atoms with van der Waals surface area (Å²) in [6.07, 6.45) is -21.9. The predicted molar refractivity (Wildman–Crippen MR) is 59.3 cm³/mol. The van der Waals surface area contributed by atoms with Crippen molar-refractivity contribution in [1.82, 2.24) is 4.90 Å². The van der Waals surface area contributed by atoms with Gasteiger partial charge in [0.1, 0.15) is 0 Å². The molecule has 0 N–H and O–H groups in total. The molecule has 0 aromatic heterocycles. The Hall–Kier alpha value is -1.36. The molecule has 1 saturated heterocycles. The Morgan fingerprint density at radius 2 is 1.21 bits per heavy atom. The molecule has 17 heteroatoms. The maximum atomic E-state index is 14.2. The van der Waals surface area contributed by atoms with E-state index in [-0.39, 0.29) is 0 Å². The molecule has 1 aliphatic heterocycles. The Bertz CT molecular complexity index is 585. The van der Waals surface area contributed by atoms with Crippen LogP contribution >= 0.6 is 0 Å². The fourth-order valence-electron chi connectivity index (χ4n) is 2.03. The van der Waals surface area contributed by atoms with E-state index in [1.807, 2.05) is 4.74 Å². The lowest BCUT2D eigenvalue weighted by Crippen LogP contribution is -2.74. The summed E-state index contributed by atoms with van der Waals surface area (Å²) in [6, 6.07) is -10.8. The minimum Gasteiger partial charge on any atom is -0.379 e. The van der Waals surface area contributed by atoms with Gasteiger partial charge in [0.15, 0.2) is 0 Å². The molecule has 0 spiro atoms. The number of morpholine rings is 1. The SMILES string of the molecule is O=C(F)C(F)(OC(F)(F)C(F)(C(F)(F)F)C(F)(F)N1CCOCC1)C(F)(F)F. The van der Waals surface area contributed by atoms with E-state index < -0.39 is 73.3 Å². The summed E-state index contributed by atoms with van der Waals surface area (Å²) in [6.45, 7) is -4.22. The third-order valence-corrected chi connectivity index (χ3v) is 3.50. The predicted octanol–water partition coefficient (Wildman–Crippen LogP) is 3.52. The van der Waals surface area contributed by atoms with Gasteiger partial charge >= 0.3 is 42.1 Å². The Balaban J connectivity index is 3.56. The number of ether oxygens (including phenoxy) is 2. The number of carbonyl (C=O) groups is 1. The van der Waals surface area contributed by atoms with Crippen molar-refractivity contribution in [2.45, 2.75) is 36.0 Å². The molecule has 0 radical (unpaired) electrons. The molecule has 1 aliphatic rings. The molecule has 0 aliphatic carbocycles. The first kappa shape index (κ1) is 24.7. The van der Waals surface area contributed by atoms with Crippen LogP contribution in [0.1, 0.15) is 0 Å². The molecule has 0 aromatic rings. The third kappa shape index (κ3) is 3.74. The van der Waals surface area contributed by atoms with Gasteiger partial charge in [-0.25, -0.2) is 9.29 Å². The number of hydrogen-bond donors (Lipinski definition) is 0. The van der Waals surface area contributed by atoms with E-state index in [1.165, 1.54) is 0 Å². The standard InChI is InChI=1S/C11H8F13NO3/c12-5(26)6(13,8(15,16)17)28-11(23,24)7(14,9(18,19)20)10(21,22)25-1-3-27-4-2-25/h1-4H2. The summed E-state index contributed by atoms with van der Waals surface area (Å²) in [5.74, 6) is -6.86. The fraction of sp³-hybridized carbons (Fsp3) is 0.909. The number of nitrogens with zero attached hydrogens (tertiary/aromatic N) is 1. The van der Waals surface area contributed by atoms with Crippen molar-refractivity contribution in [2.24, 2.45) is 0 Å². The van der Waals surface area contributed by atoms with Gasteiger partial charge < -0.3 is 4.74 Å². The molecule has 0 amide bonds. The van der Waals surface area contributed by atoms with Crippen LogP contribution in [0, 0.1) is 0 Å². The quantitative estimate of drug-likeness (QED) is 0.354. The van der Waals surface area contributed by atoms with Crippen molar-refractivity contribution in [1.29, 1.82) is 0 Å².